The molecule has 1 heterocycles. The Bertz CT molecular complexity index is 639. The van der Waals surface area contributed by atoms with Crippen LogP contribution in [-0.2, 0) is 11.8 Å². The number of nitrogens with zero attached hydrogens (tertiary/aromatic N) is 2. The largest absolute Gasteiger partial charge is 0.545 e. The van der Waals surface area contributed by atoms with Crippen molar-refractivity contribution in [1.82, 2.24) is 9.55 Å². The fourth-order valence-electron chi connectivity index (χ4n) is 1.58. The molecule has 0 aliphatic carbocycles. The van der Waals surface area contributed by atoms with Crippen LogP contribution in [-0.4, -0.2) is 27.2 Å². The van der Waals surface area contributed by atoms with Crippen molar-refractivity contribution in [2.45, 2.75) is 5.16 Å². The van der Waals surface area contributed by atoms with Gasteiger partial charge in [0.05, 0.1) is 11.7 Å². The maximum atomic E-state index is 11.8. The predicted octanol–water partition coefficient (Wildman–Crippen LogP) is 0.514. The van der Waals surface area contributed by atoms with E-state index in [1.54, 1.807) is 29.1 Å². The van der Waals surface area contributed by atoms with Gasteiger partial charge in [-0.3, -0.25) is 4.79 Å². The Morgan fingerprint density at radius 2 is 2.15 bits per heavy atom. The molecule has 0 spiro atoms. The van der Waals surface area contributed by atoms with Crippen LogP contribution in [0, 0.1) is 0 Å². The van der Waals surface area contributed by atoms with Crippen LogP contribution in [0.25, 0.3) is 0 Å². The molecule has 0 saturated heterocycles. The van der Waals surface area contributed by atoms with E-state index in [1.165, 1.54) is 23.9 Å². The number of aromatic nitrogens is 2. The number of carboxylic acids is 1. The van der Waals surface area contributed by atoms with Gasteiger partial charge in [-0.15, -0.1) is 0 Å². The summed E-state index contributed by atoms with van der Waals surface area (Å²) < 4.78 is 1.80. The maximum Gasteiger partial charge on any atom is 0.234 e. The normalized spacial score (nSPS) is 10.2. The summed E-state index contributed by atoms with van der Waals surface area (Å²) in [4.78, 5) is 26.8. The Morgan fingerprint density at radius 1 is 1.40 bits per heavy atom. The molecule has 1 amide bonds. The topological polar surface area (TPSA) is 87.0 Å². The summed E-state index contributed by atoms with van der Waals surface area (Å²) in [5.74, 6) is -1.48. The number of aryl methyl sites for hydroxylation is 1. The SMILES string of the molecule is Cn1ccnc1SCC(=O)Nc1ccccc1C(=O)[O-]. The molecule has 0 unspecified atom stereocenters. The number of carboxylic acid groups (broad SMARTS) is 1. The predicted molar refractivity (Wildman–Crippen MR) is 73.3 cm³/mol. The highest BCUT2D eigenvalue weighted by atomic mass is 32.2. The number of para-hydroxylation sites is 1. The molecular weight excluding hydrogens is 278 g/mol. The van der Waals surface area contributed by atoms with E-state index in [1.807, 2.05) is 7.05 Å². The summed E-state index contributed by atoms with van der Waals surface area (Å²) in [6.07, 6.45) is 3.43. The zero-order valence-corrected chi connectivity index (χ0v) is 11.5. The lowest BCUT2D eigenvalue weighted by Crippen LogP contribution is -2.25. The molecule has 2 rings (SSSR count). The van der Waals surface area contributed by atoms with Crippen molar-refractivity contribution in [3.8, 4) is 0 Å². The minimum absolute atomic E-state index is 0.0390. The number of amides is 1. The second-order valence-corrected chi connectivity index (χ2v) is 4.93. The molecule has 104 valence electrons. The van der Waals surface area contributed by atoms with E-state index in [2.05, 4.69) is 10.3 Å². The van der Waals surface area contributed by atoms with Crippen molar-refractivity contribution >= 4 is 29.3 Å². The van der Waals surface area contributed by atoms with Crippen LogP contribution < -0.4 is 10.4 Å². The Morgan fingerprint density at radius 3 is 2.80 bits per heavy atom. The average Bonchev–Trinajstić information content (AvgIpc) is 2.82. The van der Waals surface area contributed by atoms with Crippen molar-refractivity contribution in [3.05, 3.63) is 42.2 Å². The van der Waals surface area contributed by atoms with E-state index in [4.69, 9.17) is 0 Å². The molecule has 1 aromatic carbocycles. The van der Waals surface area contributed by atoms with E-state index >= 15 is 0 Å². The van der Waals surface area contributed by atoms with Crippen LogP contribution in [0.1, 0.15) is 10.4 Å². The van der Waals surface area contributed by atoms with Crippen LogP contribution >= 0.6 is 11.8 Å². The van der Waals surface area contributed by atoms with Gasteiger partial charge in [-0.25, -0.2) is 4.98 Å². The fourth-order valence-corrected chi connectivity index (χ4v) is 2.31. The Labute approximate surface area is 119 Å². The fraction of sp³-hybridized carbons (Fsp3) is 0.154. The summed E-state index contributed by atoms with van der Waals surface area (Å²) >= 11 is 1.27. The molecule has 0 atom stereocenters. The number of rotatable bonds is 5. The molecule has 0 saturated carbocycles. The van der Waals surface area contributed by atoms with E-state index in [0.29, 0.717) is 5.16 Å². The van der Waals surface area contributed by atoms with Crippen LogP contribution in [0.15, 0.2) is 41.8 Å². The third-order valence-corrected chi connectivity index (χ3v) is 3.59. The number of carbonyl (C=O) groups is 2. The highest BCUT2D eigenvalue weighted by Gasteiger charge is 2.09. The second-order valence-electron chi connectivity index (χ2n) is 3.99. The number of hydrogen-bond donors (Lipinski definition) is 1. The summed E-state index contributed by atoms with van der Waals surface area (Å²) in [6.45, 7) is 0. The monoisotopic (exact) mass is 290 g/mol. The Hall–Kier alpha value is -2.28. The van der Waals surface area contributed by atoms with Crippen LogP contribution in [0.5, 0.6) is 0 Å². The molecule has 0 aliphatic heterocycles. The van der Waals surface area contributed by atoms with Gasteiger partial charge in [0.25, 0.3) is 0 Å². The van der Waals surface area contributed by atoms with Gasteiger partial charge in [-0.1, -0.05) is 30.0 Å². The lowest BCUT2D eigenvalue weighted by molar-refractivity contribution is -0.254. The second kappa shape index (κ2) is 6.25. The van der Waals surface area contributed by atoms with E-state index in [-0.39, 0.29) is 22.9 Å². The van der Waals surface area contributed by atoms with Gasteiger partial charge in [-0.2, -0.15) is 0 Å². The van der Waals surface area contributed by atoms with Gasteiger partial charge in [0.15, 0.2) is 5.16 Å². The van der Waals surface area contributed by atoms with Crippen molar-refractivity contribution in [2.24, 2.45) is 7.05 Å². The lowest BCUT2D eigenvalue weighted by Gasteiger charge is -2.11. The first kappa shape index (κ1) is 14.1. The molecule has 1 N–H and O–H groups in total. The number of nitrogens with one attached hydrogen (secondary N) is 1. The standard InChI is InChI=1S/C13H13N3O3S/c1-16-7-6-14-13(16)20-8-11(17)15-10-5-3-2-4-9(10)12(18)19/h2-7H,8H2,1H3,(H,15,17)(H,18,19)/p-1. The molecule has 0 fully saturated rings. The third-order valence-electron chi connectivity index (χ3n) is 2.53. The first-order valence-electron chi connectivity index (χ1n) is 5.78. The molecule has 0 bridgehead atoms. The number of imidazole rings is 1. The minimum Gasteiger partial charge on any atom is -0.545 e. The number of benzene rings is 1. The Balaban J connectivity index is 1.98. The minimum atomic E-state index is -1.32. The molecule has 6 nitrogen and oxygen atoms in total. The van der Waals surface area contributed by atoms with Gasteiger partial charge < -0.3 is 19.8 Å². The van der Waals surface area contributed by atoms with Gasteiger partial charge in [-0.05, 0) is 6.07 Å². The summed E-state index contributed by atoms with van der Waals surface area (Å²) in [6, 6.07) is 6.13. The van der Waals surface area contributed by atoms with Gasteiger partial charge in [0, 0.05) is 30.7 Å². The van der Waals surface area contributed by atoms with Crippen molar-refractivity contribution in [2.75, 3.05) is 11.1 Å². The van der Waals surface area contributed by atoms with Crippen LogP contribution in [0.3, 0.4) is 0 Å². The van der Waals surface area contributed by atoms with E-state index < -0.39 is 5.97 Å². The number of anilines is 1. The van der Waals surface area contributed by atoms with Crippen molar-refractivity contribution < 1.29 is 14.7 Å². The first-order valence-corrected chi connectivity index (χ1v) is 6.77. The van der Waals surface area contributed by atoms with E-state index in [0.717, 1.165) is 0 Å². The summed E-state index contributed by atoms with van der Waals surface area (Å²) in [5, 5.41) is 14.2. The lowest BCUT2D eigenvalue weighted by atomic mass is 10.2. The molecule has 0 radical (unpaired) electrons. The van der Waals surface area contributed by atoms with Gasteiger partial charge in [0.2, 0.25) is 5.91 Å². The number of thioether (sulfide) groups is 1. The van der Waals surface area contributed by atoms with Crippen molar-refractivity contribution in [3.63, 3.8) is 0 Å². The van der Waals surface area contributed by atoms with Crippen LogP contribution in [0.2, 0.25) is 0 Å². The smallest absolute Gasteiger partial charge is 0.234 e. The van der Waals surface area contributed by atoms with Crippen molar-refractivity contribution in [1.29, 1.82) is 0 Å². The molecular formula is C13H12N3O3S-. The molecule has 1 aromatic heterocycles. The molecule has 20 heavy (non-hydrogen) atoms. The molecule has 7 heteroatoms. The molecule has 0 aliphatic rings. The zero-order chi connectivity index (χ0) is 14.5. The summed E-state index contributed by atoms with van der Waals surface area (Å²) in [7, 11) is 1.83. The van der Waals surface area contributed by atoms with Crippen LogP contribution in [0.4, 0.5) is 5.69 Å². The summed E-state index contributed by atoms with van der Waals surface area (Å²) in [5.41, 5.74) is 0.195. The highest BCUT2D eigenvalue weighted by molar-refractivity contribution is 7.99. The maximum absolute atomic E-state index is 11.8. The average molecular weight is 290 g/mol. The number of carbonyl (C=O) groups excluding carboxylic acids is 2. The number of aromatic carboxylic acids is 1. The zero-order valence-electron chi connectivity index (χ0n) is 10.7. The Kier molecular flexibility index (Phi) is 4.41. The quantitative estimate of drug-likeness (QED) is 0.811. The number of hydrogen-bond acceptors (Lipinski definition) is 5. The first-order chi connectivity index (χ1) is 9.58. The van der Waals surface area contributed by atoms with Gasteiger partial charge in [0.1, 0.15) is 0 Å². The van der Waals surface area contributed by atoms with Gasteiger partial charge >= 0.3 is 0 Å². The molecule has 2 aromatic rings. The van der Waals surface area contributed by atoms with E-state index in [9.17, 15) is 14.7 Å². The third kappa shape index (κ3) is 3.39. The highest BCUT2D eigenvalue weighted by Crippen LogP contribution is 2.17.